The molecular formula is C18H17N3O4. The third kappa shape index (κ3) is 3.08. The highest BCUT2D eigenvalue weighted by atomic mass is 16.5. The average molecular weight is 339 g/mol. The number of carbonyl (C=O) groups excluding carboxylic acids is 2. The zero-order valence-corrected chi connectivity index (χ0v) is 13.8. The number of ether oxygens (including phenoxy) is 2. The maximum Gasteiger partial charge on any atom is 0.321 e. The first-order valence-electron chi connectivity index (χ1n) is 7.65. The van der Waals surface area contributed by atoms with E-state index in [4.69, 9.17) is 9.47 Å². The third-order valence-electron chi connectivity index (χ3n) is 4.11. The van der Waals surface area contributed by atoms with Crippen molar-refractivity contribution in [2.45, 2.75) is 5.92 Å². The minimum Gasteiger partial charge on any atom is -0.468 e. The molecule has 1 N–H and O–H groups in total. The normalized spacial score (nSPS) is 12.1. The van der Waals surface area contributed by atoms with E-state index in [0.29, 0.717) is 11.2 Å². The van der Waals surface area contributed by atoms with Crippen molar-refractivity contribution in [3.8, 4) is 0 Å². The highest BCUT2D eigenvalue weighted by Gasteiger charge is 2.40. The van der Waals surface area contributed by atoms with Gasteiger partial charge in [0, 0.05) is 36.1 Å². The molecule has 0 saturated heterocycles. The molecule has 0 aliphatic carbocycles. The predicted molar refractivity (Wildman–Crippen MR) is 89.7 cm³/mol. The monoisotopic (exact) mass is 339 g/mol. The Hall–Kier alpha value is -3.22. The minimum absolute atomic E-state index is 0.619. The fourth-order valence-corrected chi connectivity index (χ4v) is 2.97. The molecule has 0 aromatic carbocycles. The van der Waals surface area contributed by atoms with E-state index in [1.165, 1.54) is 14.2 Å². The average Bonchev–Trinajstić information content (AvgIpc) is 3.09. The lowest BCUT2D eigenvalue weighted by molar-refractivity contribution is -0.159. The zero-order valence-electron chi connectivity index (χ0n) is 13.8. The molecule has 7 heteroatoms. The lowest BCUT2D eigenvalue weighted by atomic mass is 9.81. The van der Waals surface area contributed by atoms with Crippen molar-refractivity contribution < 1.29 is 19.1 Å². The van der Waals surface area contributed by atoms with Crippen LogP contribution in [0.4, 0.5) is 0 Å². The largest absolute Gasteiger partial charge is 0.468 e. The number of carbonyl (C=O) groups is 2. The fourth-order valence-electron chi connectivity index (χ4n) is 2.97. The van der Waals surface area contributed by atoms with Gasteiger partial charge in [-0.05, 0) is 29.3 Å². The molecule has 0 saturated carbocycles. The van der Waals surface area contributed by atoms with E-state index in [-0.39, 0.29) is 0 Å². The van der Waals surface area contributed by atoms with E-state index in [1.54, 1.807) is 36.9 Å². The number of esters is 2. The first-order chi connectivity index (χ1) is 12.2. The fraction of sp³-hybridized carbons (Fsp3) is 0.222. The van der Waals surface area contributed by atoms with E-state index in [9.17, 15) is 9.59 Å². The molecule has 3 heterocycles. The first-order valence-corrected chi connectivity index (χ1v) is 7.65. The summed E-state index contributed by atoms with van der Waals surface area (Å²) in [5.74, 6) is -3.11. The summed E-state index contributed by atoms with van der Waals surface area (Å²) in [6, 6.07) is 7.24. The zero-order chi connectivity index (χ0) is 17.8. The number of aromatic amines is 1. The highest BCUT2D eigenvalue weighted by molar-refractivity contribution is 5.97. The Morgan fingerprint density at radius 3 is 2.44 bits per heavy atom. The number of rotatable bonds is 5. The van der Waals surface area contributed by atoms with Crippen molar-refractivity contribution in [1.29, 1.82) is 0 Å². The smallest absolute Gasteiger partial charge is 0.321 e. The Balaban J connectivity index is 2.22. The van der Waals surface area contributed by atoms with Crippen LogP contribution in [0.1, 0.15) is 17.0 Å². The molecule has 1 unspecified atom stereocenters. The van der Waals surface area contributed by atoms with Gasteiger partial charge in [0.2, 0.25) is 0 Å². The number of H-pyrrole nitrogens is 1. The summed E-state index contributed by atoms with van der Waals surface area (Å²) in [5.41, 5.74) is 2.12. The van der Waals surface area contributed by atoms with Crippen LogP contribution in [0, 0.1) is 5.92 Å². The van der Waals surface area contributed by atoms with Gasteiger partial charge >= 0.3 is 11.9 Å². The maximum absolute atomic E-state index is 12.4. The number of nitrogens with zero attached hydrogens (tertiary/aromatic N) is 2. The van der Waals surface area contributed by atoms with Crippen LogP contribution >= 0.6 is 0 Å². The van der Waals surface area contributed by atoms with Crippen molar-refractivity contribution in [1.82, 2.24) is 15.0 Å². The number of nitrogens with one attached hydrogen (secondary N) is 1. The van der Waals surface area contributed by atoms with Gasteiger partial charge in [0.05, 0.1) is 14.2 Å². The summed E-state index contributed by atoms with van der Waals surface area (Å²) in [5, 5.41) is 0.814. The second-order valence-corrected chi connectivity index (χ2v) is 5.43. The number of fused-ring (bicyclic) bond motifs is 1. The van der Waals surface area contributed by atoms with Crippen LogP contribution in [0.3, 0.4) is 0 Å². The first kappa shape index (κ1) is 16.6. The molecule has 3 aromatic rings. The van der Waals surface area contributed by atoms with Crippen molar-refractivity contribution in [2.24, 2.45) is 5.92 Å². The van der Waals surface area contributed by atoms with E-state index in [0.717, 1.165) is 10.9 Å². The van der Waals surface area contributed by atoms with Crippen molar-refractivity contribution in [3.05, 3.63) is 60.2 Å². The number of hydrogen-bond donors (Lipinski definition) is 1. The lowest BCUT2D eigenvalue weighted by Gasteiger charge is -2.23. The van der Waals surface area contributed by atoms with E-state index in [2.05, 4.69) is 15.0 Å². The van der Waals surface area contributed by atoms with Gasteiger partial charge < -0.3 is 14.5 Å². The molecule has 1 atom stereocenters. The minimum atomic E-state index is -1.15. The Labute approximate surface area is 144 Å². The summed E-state index contributed by atoms with van der Waals surface area (Å²) in [4.78, 5) is 36.2. The Bertz CT molecular complexity index is 875. The van der Waals surface area contributed by atoms with Crippen LogP contribution in [-0.2, 0) is 19.1 Å². The molecule has 0 fully saturated rings. The van der Waals surface area contributed by atoms with Gasteiger partial charge in [0.25, 0.3) is 0 Å². The molecule has 0 aliphatic heterocycles. The van der Waals surface area contributed by atoms with Crippen LogP contribution < -0.4 is 0 Å². The topological polar surface area (TPSA) is 94.2 Å². The van der Waals surface area contributed by atoms with Crippen LogP contribution in [-0.4, -0.2) is 41.1 Å². The SMILES string of the molecule is COC(=O)C(C(=O)OC)C(c1cccnc1)c1c[nH]c2ncccc12. The lowest BCUT2D eigenvalue weighted by Crippen LogP contribution is -2.33. The van der Waals surface area contributed by atoms with E-state index < -0.39 is 23.8 Å². The molecule has 3 rings (SSSR count). The van der Waals surface area contributed by atoms with Crippen LogP contribution in [0.5, 0.6) is 0 Å². The molecule has 0 spiro atoms. The summed E-state index contributed by atoms with van der Waals surface area (Å²) in [6.07, 6.45) is 6.66. The van der Waals surface area contributed by atoms with E-state index >= 15 is 0 Å². The van der Waals surface area contributed by atoms with Crippen LogP contribution in [0.25, 0.3) is 11.0 Å². The third-order valence-corrected chi connectivity index (χ3v) is 4.11. The van der Waals surface area contributed by atoms with Gasteiger partial charge in [-0.1, -0.05) is 6.07 Å². The van der Waals surface area contributed by atoms with Crippen molar-refractivity contribution >= 4 is 23.0 Å². The molecule has 128 valence electrons. The van der Waals surface area contributed by atoms with Gasteiger partial charge in [0.1, 0.15) is 5.65 Å². The number of hydrogen-bond acceptors (Lipinski definition) is 6. The Morgan fingerprint density at radius 1 is 1.08 bits per heavy atom. The molecule has 0 aliphatic rings. The van der Waals surface area contributed by atoms with Gasteiger partial charge in [-0.25, -0.2) is 4.98 Å². The van der Waals surface area contributed by atoms with Crippen molar-refractivity contribution in [3.63, 3.8) is 0 Å². The molecular weight excluding hydrogens is 322 g/mol. The van der Waals surface area contributed by atoms with Gasteiger partial charge in [-0.15, -0.1) is 0 Å². The summed E-state index contributed by atoms with van der Waals surface area (Å²) >= 11 is 0. The standard InChI is InChI=1S/C18H17N3O4/c1-24-17(22)15(18(23)25-2)14(11-5-3-7-19-9-11)13-10-21-16-12(13)6-4-8-20-16/h3-10,14-15H,1-2H3,(H,20,21). The highest BCUT2D eigenvalue weighted by Crippen LogP contribution is 2.37. The number of aromatic nitrogens is 3. The molecule has 0 amide bonds. The van der Waals surface area contributed by atoms with Crippen LogP contribution in [0.15, 0.2) is 49.1 Å². The number of methoxy groups -OCH3 is 2. The summed E-state index contributed by atoms with van der Waals surface area (Å²) < 4.78 is 9.72. The quantitative estimate of drug-likeness (QED) is 0.565. The predicted octanol–water partition coefficient (Wildman–Crippen LogP) is 2.05. The number of pyridine rings is 2. The van der Waals surface area contributed by atoms with Gasteiger partial charge in [-0.2, -0.15) is 0 Å². The van der Waals surface area contributed by atoms with E-state index in [1.807, 2.05) is 12.1 Å². The van der Waals surface area contributed by atoms with Gasteiger partial charge in [0.15, 0.2) is 5.92 Å². The molecule has 25 heavy (non-hydrogen) atoms. The molecule has 7 nitrogen and oxygen atoms in total. The second-order valence-electron chi connectivity index (χ2n) is 5.43. The summed E-state index contributed by atoms with van der Waals surface area (Å²) in [6.45, 7) is 0. The molecule has 3 aromatic heterocycles. The second kappa shape index (κ2) is 7.12. The summed E-state index contributed by atoms with van der Waals surface area (Å²) in [7, 11) is 2.49. The van der Waals surface area contributed by atoms with Crippen LogP contribution in [0.2, 0.25) is 0 Å². The molecule has 0 bridgehead atoms. The molecule has 0 radical (unpaired) electrons. The Kier molecular flexibility index (Phi) is 4.74. The Morgan fingerprint density at radius 2 is 1.80 bits per heavy atom. The van der Waals surface area contributed by atoms with Crippen molar-refractivity contribution in [2.75, 3.05) is 14.2 Å². The van der Waals surface area contributed by atoms with Gasteiger partial charge in [-0.3, -0.25) is 14.6 Å². The maximum atomic E-state index is 12.4.